The van der Waals surface area contributed by atoms with Gasteiger partial charge < -0.3 is 10.1 Å². The summed E-state index contributed by atoms with van der Waals surface area (Å²) in [6, 6.07) is 8.75. The number of likely N-dealkylation sites (tertiary alicyclic amines) is 1. The van der Waals surface area contributed by atoms with Crippen molar-refractivity contribution >= 4 is 61.7 Å². The van der Waals surface area contributed by atoms with E-state index in [0.717, 1.165) is 40.3 Å². The minimum atomic E-state index is -0.574. The number of nitrogens with zero attached hydrogens (tertiary/aromatic N) is 5. The monoisotopic (exact) mass is 674 g/mol. The highest BCUT2D eigenvalue weighted by molar-refractivity contribution is 9.10. The highest BCUT2D eigenvalue weighted by Gasteiger charge is 2.35. The summed E-state index contributed by atoms with van der Waals surface area (Å²) in [7, 11) is 0. The van der Waals surface area contributed by atoms with Crippen LogP contribution in [-0.2, 0) is 20.9 Å². The van der Waals surface area contributed by atoms with Gasteiger partial charge in [0, 0.05) is 31.3 Å². The number of halogens is 2. The summed E-state index contributed by atoms with van der Waals surface area (Å²) >= 11 is 6.46. The summed E-state index contributed by atoms with van der Waals surface area (Å²) in [5.74, 6) is 0.181. The van der Waals surface area contributed by atoms with Crippen LogP contribution in [0.1, 0.15) is 31.2 Å². The van der Waals surface area contributed by atoms with Crippen molar-refractivity contribution in [2.24, 2.45) is 0 Å². The minimum absolute atomic E-state index is 0.0603. The summed E-state index contributed by atoms with van der Waals surface area (Å²) in [5, 5.41) is 8.42. The number of anilines is 2. The first-order chi connectivity index (χ1) is 19.4. The van der Waals surface area contributed by atoms with Crippen LogP contribution in [0.4, 0.5) is 16.7 Å². The second kappa shape index (κ2) is 14.8. The topological polar surface area (TPSA) is 151 Å². The van der Waals surface area contributed by atoms with Crippen LogP contribution < -0.4 is 16.0 Å². The van der Waals surface area contributed by atoms with Gasteiger partial charge in [0.2, 0.25) is 23.7 Å². The van der Waals surface area contributed by atoms with E-state index in [1.54, 1.807) is 24.8 Å². The molecular formula is C26H28Br2N8O4. The molecule has 12 nitrogen and oxygen atoms in total. The van der Waals surface area contributed by atoms with Crippen molar-refractivity contribution in [2.75, 3.05) is 23.7 Å². The first kappa shape index (κ1) is 29.5. The predicted octanol–water partition coefficient (Wildman–Crippen LogP) is 3.91. The number of carbonyl (C=O) groups is 3. The SMILES string of the molecule is O=C(Nc1ncc(Br)cn1)[C@@H]1CCCN1.O=C(Nc1ncc(Br)cn1)[C@@H]1CCCN1C(=O)OCc1ccccc1. The van der Waals surface area contributed by atoms with Crippen LogP contribution in [0.15, 0.2) is 64.1 Å². The van der Waals surface area contributed by atoms with Crippen LogP contribution in [0, 0.1) is 0 Å². The molecule has 0 radical (unpaired) electrons. The first-order valence-corrected chi connectivity index (χ1v) is 14.2. The highest BCUT2D eigenvalue weighted by atomic mass is 79.9. The molecule has 0 saturated carbocycles. The van der Waals surface area contributed by atoms with Gasteiger partial charge >= 0.3 is 6.09 Å². The van der Waals surface area contributed by atoms with Crippen LogP contribution in [-0.4, -0.2) is 67.9 Å². The molecule has 0 aliphatic carbocycles. The van der Waals surface area contributed by atoms with Gasteiger partial charge in [0.05, 0.1) is 15.0 Å². The fourth-order valence-corrected chi connectivity index (χ4v) is 4.52. The highest BCUT2D eigenvalue weighted by Crippen LogP contribution is 2.20. The van der Waals surface area contributed by atoms with Gasteiger partial charge in [-0.15, -0.1) is 0 Å². The van der Waals surface area contributed by atoms with E-state index in [1.165, 1.54) is 4.90 Å². The standard InChI is InChI=1S/C17H17BrN4O3.C9H11BrN4O/c18-13-9-19-16(20-10-13)21-15(23)14-7-4-8-22(14)17(24)25-11-12-5-2-1-3-6-12;10-6-4-12-9(13-5-6)14-8(15)7-2-1-3-11-7/h1-3,5-6,9-10,14H,4,7-8,11H2,(H,19,20,21,23);4-5,7,11H,1-3H2,(H,12,13,14,15)/t14-;7-/m00/s1. The van der Waals surface area contributed by atoms with E-state index in [2.05, 4.69) is 67.7 Å². The molecule has 0 spiro atoms. The molecule has 2 atom stereocenters. The number of carbonyl (C=O) groups excluding carboxylic acids is 3. The van der Waals surface area contributed by atoms with Gasteiger partial charge in [0.15, 0.2) is 0 Å². The van der Waals surface area contributed by atoms with E-state index < -0.39 is 12.1 Å². The van der Waals surface area contributed by atoms with E-state index in [9.17, 15) is 14.4 Å². The number of aromatic nitrogens is 4. The van der Waals surface area contributed by atoms with Crippen LogP contribution in [0.5, 0.6) is 0 Å². The lowest BCUT2D eigenvalue weighted by molar-refractivity contribution is -0.120. The smallest absolute Gasteiger partial charge is 0.410 e. The molecule has 4 heterocycles. The average molecular weight is 676 g/mol. The lowest BCUT2D eigenvalue weighted by Crippen LogP contribution is -2.43. The van der Waals surface area contributed by atoms with Gasteiger partial charge in [-0.3, -0.25) is 25.1 Å². The second-order valence-corrected chi connectivity index (χ2v) is 10.8. The zero-order chi connectivity index (χ0) is 28.3. The second-order valence-electron chi connectivity index (χ2n) is 8.97. The normalized spacial score (nSPS) is 17.9. The van der Waals surface area contributed by atoms with Gasteiger partial charge in [0.25, 0.3) is 0 Å². The molecule has 0 unspecified atom stereocenters. The number of rotatable bonds is 6. The Morgan fingerprint density at radius 3 is 2.05 bits per heavy atom. The number of hydrogen-bond acceptors (Lipinski definition) is 9. The van der Waals surface area contributed by atoms with Crippen molar-refractivity contribution in [1.82, 2.24) is 30.2 Å². The Labute approximate surface area is 248 Å². The molecule has 1 aromatic carbocycles. The summed E-state index contributed by atoms with van der Waals surface area (Å²) < 4.78 is 6.84. The molecule has 40 heavy (non-hydrogen) atoms. The van der Waals surface area contributed by atoms with Crippen molar-refractivity contribution in [3.63, 3.8) is 0 Å². The first-order valence-electron chi connectivity index (χ1n) is 12.7. The maximum absolute atomic E-state index is 12.4. The van der Waals surface area contributed by atoms with Gasteiger partial charge in [-0.05, 0) is 69.7 Å². The van der Waals surface area contributed by atoms with E-state index in [4.69, 9.17) is 4.74 Å². The van der Waals surface area contributed by atoms with Gasteiger partial charge in [0.1, 0.15) is 12.6 Å². The Morgan fingerprint density at radius 1 is 0.875 bits per heavy atom. The molecular weight excluding hydrogens is 648 g/mol. The number of benzene rings is 1. The summed E-state index contributed by atoms with van der Waals surface area (Å²) in [6.45, 7) is 1.58. The van der Waals surface area contributed by atoms with Crippen molar-refractivity contribution in [1.29, 1.82) is 0 Å². The molecule has 5 rings (SSSR count). The number of nitrogens with one attached hydrogen (secondary N) is 3. The average Bonchev–Trinajstić information content (AvgIpc) is 3.68. The van der Waals surface area contributed by atoms with Crippen molar-refractivity contribution in [2.45, 2.75) is 44.4 Å². The van der Waals surface area contributed by atoms with E-state index in [-0.39, 0.29) is 30.4 Å². The van der Waals surface area contributed by atoms with Crippen molar-refractivity contribution in [3.8, 4) is 0 Å². The Kier molecular flexibility index (Phi) is 10.9. The van der Waals surface area contributed by atoms with Crippen LogP contribution in [0.25, 0.3) is 0 Å². The van der Waals surface area contributed by atoms with Crippen LogP contribution in [0.3, 0.4) is 0 Å². The summed E-state index contributed by atoms with van der Waals surface area (Å²) in [4.78, 5) is 53.8. The van der Waals surface area contributed by atoms with Crippen LogP contribution >= 0.6 is 31.9 Å². The molecule has 2 aliphatic rings. The fraction of sp³-hybridized carbons (Fsp3) is 0.346. The lowest BCUT2D eigenvalue weighted by atomic mass is 10.2. The number of hydrogen-bond donors (Lipinski definition) is 3. The lowest BCUT2D eigenvalue weighted by Gasteiger charge is -2.23. The van der Waals surface area contributed by atoms with Crippen molar-refractivity contribution < 1.29 is 19.1 Å². The largest absolute Gasteiger partial charge is 0.445 e. The summed E-state index contributed by atoms with van der Waals surface area (Å²) in [5.41, 5.74) is 0.902. The minimum Gasteiger partial charge on any atom is -0.445 e. The van der Waals surface area contributed by atoms with E-state index in [1.807, 2.05) is 30.3 Å². The Balaban J connectivity index is 0.000000210. The van der Waals surface area contributed by atoms with Crippen molar-refractivity contribution in [3.05, 3.63) is 69.6 Å². The Hall–Kier alpha value is -3.49. The Bertz CT molecular complexity index is 1280. The van der Waals surface area contributed by atoms with Gasteiger partial charge in [-0.1, -0.05) is 30.3 Å². The molecule has 2 fully saturated rings. The van der Waals surface area contributed by atoms with Crippen LogP contribution in [0.2, 0.25) is 0 Å². The third kappa shape index (κ3) is 8.76. The zero-order valence-corrected chi connectivity index (χ0v) is 24.6. The molecule has 0 bridgehead atoms. The molecule has 3 aromatic rings. The van der Waals surface area contributed by atoms with Gasteiger partial charge in [-0.25, -0.2) is 24.7 Å². The molecule has 14 heteroatoms. The molecule has 2 aliphatic heterocycles. The molecule has 3 N–H and O–H groups in total. The molecule has 2 aromatic heterocycles. The zero-order valence-electron chi connectivity index (χ0n) is 21.4. The quantitative estimate of drug-likeness (QED) is 0.353. The summed E-state index contributed by atoms with van der Waals surface area (Å²) in [6.07, 6.45) is 9.06. The number of ether oxygens (including phenoxy) is 1. The Morgan fingerprint density at radius 2 is 1.48 bits per heavy atom. The predicted molar refractivity (Wildman–Crippen MR) is 154 cm³/mol. The molecule has 210 valence electrons. The van der Waals surface area contributed by atoms with E-state index in [0.29, 0.717) is 18.9 Å². The number of amides is 3. The third-order valence-electron chi connectivity index (χ3n) is 6.08. The maximum Gasteiger partial charge on any atom is 0.410 e. The fourth-order valence-electron chi connectivity index (χ4n) is 4.11. The third-order valence-corrected chi connectivity index (χ3v) is 6.90. The van der Waals surface area contributed by atoms with Gasteiger partial charge in [-0.2, -0.15) is 0 Å². The van der Waals surface area contributed by atoms with E-state index >= 15 is 0 Å². The molecule has 3 amide bonds. The maximum atomic E-state index is 12.4. The molecule has 2 saturated heterocycles.